The van der Waals surface area contributed by atoms with Gasteiger partial charge in [-0.25, -0.2) is 0 Å². The number of aromatic nitrogens is 3. The third kappa shape index (κ3) is 3.58. The number of nitrogens with zero attached hydrogens (tertiary/aromatic N) is 5. The molecule has 0 bridgehead atoms. The molecule has 0 saturated carbocycles. The van der Waals surface area contributed by atoms with Crippen LogP contribution in [0.15, 0.2) is 36.9 Å². The van der Waals surface area contributed by atoms with E-state index in [0.717, 1.165) is 44.6 Å². The molecule has 132 valence electrons. The van der Waals surface area contributed by atoms with Gasteiger partial charge in [0.25, 0.3) is 0 Å². The highest BCUT2D eigenvalue weighted by Gasteiger charge is 2.44. The number of carbonyl (C=O) groups is 1. The lowest BCUT2D eigenvalue weighted by Crippen LogP contribution is -2.41. The van der Waals surface area contributed by atoms with Crippen LogP contribution >= 0.6 is 0 Å². The number of hydrogen-bond donors (Lipinski definition) is 0. The van der Waals surface area contributed by atoms with Crippen LogP contribution in [0.3, 0.4) is 0 Å². The maximum atomic E-state index is 12.5. The minimum atomic E-state index is 0.176. The summed E-state index contributed by atoms with van der Waals surface area (Å²) in [5, 5.41) is 4.25. The number of amides is 1. The van der Waals surface area contributed by atoms with Gasteiger partial charge < -0.3 is 4.90 Å². The summed E-state index contributed by atoms with van der Waals surface area (Å²) < 4.78 is 1.85. The Bertz CT molecular complexity index is 733. The Hall–Kier alpha value is -2.21. The third-order valence-corrected chi connectivity index (χ3v) is 5.61. The molecule has 0 unspecified atom stereocenters. The van der Waals surface area contributed by atoms with E-state index in [1.807, 2.05) is 35.0 Å². The van der Waals surface area contributed by atoms with Crippen molar-refractivity contribution in [3.8, 4) is 0 Å². The van der Waals surface area contributed by atoms with E-state index in [1.54, 1.807) is 12.4 Å². The number of hydrogen-bond acceptors (Lipinski definition) is 4. The van der Waals surface area contributed by atoms with Gasteiger partial charge in [-0.2, -0.15) is 5.10 Å². The van der Waals surface area contributed by atoms with Gasteiger partial charge >= 0.3 is 0 Å². The van der Waals surface area contributed by atoms with Gasteiger partial charge in [-0.15, -0.1) is 0 Å². The van der Waals surface area contributed by atoms with Crippen LogP contribution in [-0.4, -0.2) is 50.1 Å². The van der Waals surface area contributed by atoms with Crippen molar-refractivity contribution in [2.45, 2.75) is 32.4 Å². The van der Waals surface area contributed by atoms with Crippen LogP contribution in [-0.2, 0) is 24.9 Å². The van der Waals surface area contributed by atoms with Gasteiger partial charge in [-0.1, -0.05) is 0 Å². The predicted molar refractivity (Wildman–Crippen MR) is 94.4 cm³/mol. The molecule has 2 aliphatic rings. The molecule has 0 atom stereocenters. The first kappa shape index (κ1) is 16.3. The first-order valence-corrected chi connectivity index (χ1v) is 8.99. The molecule has 2 aromatic heterocycles. The second kappa shape index (κ2) is 6.59. The SMILES string of the molecule is Cn1cc(CN2CCC3(CC2)CC(=O)N(Cc2ccncc2)C3)cn1. The minimum absolute atomic E-state index is 0.176. The van der Waals surface area contributed by atoms with E-state index in [9.17, 15) is 4.79 Å². The van der Waals surface area contributed by atoms with Gasteiger partial charge in [0.1, 0.15) is 0 Å². The monoisotopic (exact) mass is 339 g/mol. The lowest BCUT2D eigenvalue weighted by atomic mass is 9.77. The molecule has 2 aromatic rings. The number of rotatable bonds is 4. The lowest BCUT2D eigenvalue weighted by molar-refractivity contribution is -0.128. The van der Waals surface area contributed by atoms with Crippen LogP contribution in [0.4, 0.5) is 0 Å². The number of carbonyl (C=O) groups excluding carboxylic acids is 1. The zero-order valence-corrected chi connectivity index (χ0v) is 14.8. The summed E-state index contributed by atoms with van der Waals surface area (Å²) in [7, 11) is 1.95. The molecule has 0 aliphatic carbocycles. The van der Waals surface area contributed by atoms with E-state index in [1.165, 1.54) is 5.56 Å². The molecule has 0 N–H and O–H groups in total. The Labute approximate surface area is 148 Å². The fourth-order valence-corrected chi connectivity index (χ4v) is 4.17. The number of pyridine rings is 1. The normalized spacial score (nSPS) is 20.5. The average Bonchev–Trinajstić information content (AvgIpc) is 3.15. The summed E-state index contributed by atoms with van der Waals surface area (Å²) in [5.74, 6) is 0.303. The quantitative estimate of drug-likeness (QED) is 0.853. The van der Waals surface area contributed by atoms with E-state index in [4.69, 9.17) is 0 Å². The lowest BCUT2D eigenvalue weighted by Gasteiger charge is -2.38. The van der Waals surface area contributed by atoms with Crippen molar-refractivity contribution in [1.29, 1.82) is 0 Å². The van der Waals surface area contributed by atoms with E-state index in [2.05, 4.69) is 21.2 Å². The zero-order chi connectivity index (χ0) is 17.3. The number of likely N-dealkylation sites (tertiary alicyclic amines) is 2. The summed E-state index contributed by atoms with van der Waals surface area (Å²) in [5.41, 5.74) is 2.60. The fraction of sp³-hybridized carbons (Fsp3) is 0.526. The number of aryl methyl sites for hydroxylation is 1. The second-order valence-electron chi connectivity index (χ2n) is 7.58. The summed E-state index contributed by atoms with van der Waals surface area (Å²) in [4.78, 5) is 21.1. The highest BCUT2D eigenvalue weighted by molar-refractivity contribution is 5.79. The molecule has 4 heterocycles. The Morgan fingerprint density at radius 2 is 1.88 bits per heavy atom. The van der Waals surface area contributed by atoms with Gasteiger partial charge in [-0.05, 0) is 49.0 Å². The van der Waals surface area contributed by atoms with Gasteiger partial charge in [-0.3, -0.25) is 19.4 Å². The Morgan fingerprint density at radius 1 is 1.12 bits per heavy atom. The van der Waals surface area contributed by atoms with E-state index in [0.29, 0.717) is 18.9 Å². The zero-order valence-electron chi connectivity index (χ0n) is 14.8. The molecule has 1 amide bonds. The van der Waals surface area contributed by atoms with Gasteiger partial charge in [0, 0.05) is 57.3 Å². The Kier molecular flexibility index (Phi) is 4.29. The largest absolute Gasteiger partial charge is 0.338 e. The predicted octanol–water partition coefficient (Wildman–Crippen LogP) is 1.83. The maximum absolute atomic E-state index is 12.5. The fourth-order valence-electron chi connectivity index (χ4n) is 4.17. The molecule has 2 saturated heterocycles. The summed E-state index contributed by atoms with van der Waals surface area (Å²) >= 11 is 0. The highest BCUT2D eigenvalue weighted by atomic mass is 16.2. The van der Waals surface area contributed by atoms with Crippen LogP contribution < -0.4 is 0 Å². The van der Waals surface area contributed by atoms with E-state index >= 15 is 0 Å². The van der Waals surface area contributed by atoms with Crippen molar-refractivity contribution in [3.05, 3.63) is 48.0 Å². The van der Waals surface area contributed by atoms with Crippen LogP contribution in [0.25, 0.3) is 0 Å². The van der Waals surface area contributed by atoms with Crippen molar-refractivity contribution in [3.63, 3.8) is 0 Å². The molecule has 2 fully saturated rings. The standard InChI is InChI=1S/C19H25N5O/c1-22-12-17(11-21-22)13-23-8-4-19(5-9-23)10-18(25)24(15-19)14-16-2-6-20-7-3-16/h2-3,6-7,11-12H,4-5,8-10,13-15H2,1H3. The van der Waals surface area contributed by atoms with Crippen LogP contribution in [0.1, 0.15) is 30.4 Å². The molecule has 6 nitrogen and oxygen atoms in total. The van der Waals surface area contributed by atoms with Gasteiger partial charge in [0.15, 0.2) is 0 Å². The first-order valence-electron chi connectivity index (χ1n) is 8.99. The maximum Gasteiger partial charge on any atom is 0.223 e. The highest BCUT2D eigenvalue weighted by Crippen LogP contribution is 2.41. The molecular formula is C19H25N5O. The first-order chi connectivity index (χ1) is 12.1. The van der Waals surface area contributed by atoms with Crippen LogP contribution in [0, 0.1) is 5.41 Å². The van der Waals surface area contributed by atoms with Crippen LogP contribution in [0.2, 0.25) is 0 Å². The van der Waals surface area contributed by atoms with Crippen molar-refractivity contribution in [1.82, 2.24) is 24.6 Å². The van der Waals surface area contributed by atoms with Crippen molar-refractivity contribution >= 4 is 5.91 Å². The minimum Gasteiger partial charge on any atom is -0.338 e. The van der Waals surface area contributed by atoms with E-state index < -0.39 is 0 Å². The van der Waals surface area contributed by atoms with Crippen molar-refractivity contribution < 1.29 is 4.79 Å². The molecule has 0 radical (unpaired) electrons. The molecule has 25 heavy (non-hydrogen) atoms. The summed E-state index contributed by atoms with van der Waals surface area (Å²) in [6.07, 6.45) is 10.5. The molecule has 6 heteroatoms. The Morgan fingerprint density at radius 3 is 2.56 bits per heavy atom. The van der Waals surface area contributed by atoms with Gasteiger partial charge in [0.2, 0.25) is 5.91 Å². The third-order valence-electron chi connectivity index (χ3n) is 5.61. The molecule has 0 aromatic carbocycles. The Balaban J connectivity index is 1.34. The smallest absolute Gasteiger partial charge is 0.223 e. The topological polar surface area (TPSA) is 54.3 Å². The molecule has 2 aliphatic heterocycles. The molecular weight excluding hydrogens is 314 g/mol. The van der Waals surface area contributed by atoms with Gasteiger partial charge in [0.05, 0.1) is 6.20 Å². The van der Waals surface area contributed by atoms with Crippen molar-refractivity contribution in [2.24, 2.45) is 12.5 Å². The summed E-state index contributed by atoms with van der Waals surface area (Å²) in [6.45, 7) is 4.69. The van der Waals surface area contributed by atoms with Crippen LogP contribution in [0.5, 0.6) is 0 Å². The van der Waals surface area contributed by atoms with Crippen molar-refractivity contribution in [2.75, 3.05) is 19.6 Å². The van der Waals surface area contributed by atoms with E-state index in [-0.39, 0.29) is 5.41 Å². The summed E-state index contributed by atoms with van der Waals surface area (Å²) in [6, 6.07) is 3.99. The number of piperidine rings is 1. The average molecular weight is 339 g/mol. The molecule has 4 rings (SSSR count). The molecule has 1 spiro atoms. The second-order valence-corrected chi connectivity index (χ2v) is 7.58.